The van der Waals surface area contributed by atoms with Crippen molar-refractivity contribution in [2.75, 3.05) is 0 Å². The summed E-state index contributed by atoms with van der Waals surface area (Å²) in [6.07, 6.45) is 6.21. The Hall–Kier alpha value is -1.40. The number of carbonyl (C=O) groups excluding carboxylic acids is 1. The molecule has 2 fully saturated rings. The highest BCUT2D eigenvalue weighted by molar-refractivity contribution is 6.64. The van der Waals surface area contributed by atoms with E-state index >= 15 is 0 Å². The average Bonchev–Trinajstić information content (AvgIpc) is 3.17. The first-order valence-corrected chi connectivity index (χ1v) is 7.29. The summed E-state index contributed by atoms with van der Waals surface area (Å²) < 4.78 is 18.0. The zero-order valence-corrected chi connectivity index (χ0v) is 12.9. The van der Waals surface area contributed by atoms with Crippen molar-refractivity contribution in [1.82, 2.24) is 4.98 Å². The Balaban J connectivity index is 1.99. The fraction of sp³-hybridized carbons (Fsp3) is 0.600. The van der Waals surface area contributed by atoms with Crippen LogP contribution in [0.1, 0.15) is 50.9 Å². The zero-order valence-electron chi connectivity index (χ0n) is 12.9. The van der Waals surface area contributed by atoms with E-state index in [1.807, 2.05) is 27.7 Å². The van der Waals surface area contributed by atoms with Gasteiger partial charge in [-0.25, -0.2) is 0 Å². The van der Waals surface area contributed by atoms with Crippen LogP contribution in [0.5, 0.6) is 5.75 Å². The molecule has 1 saturated heterocycles. The lowest BCUT2D eigenvalue weighted by molar-refractivity contribution is 0.00578. The molecule has 0 atom stereocenters. The SMILES string of the molecule is CC1(C)OB(c2c(C=O)cncc2OC2CC2)OC1(C)C. The minimum absolute atomic E-state index is 0.217. The fourth-order valence-electron chi connectivity index (χ4n) is 2.23. The van der Waals surface area contributed by atoms with Gasteiger partial charge in [0.15, 0.2) is 6.29 Å². The molecular formula is C15H20BNO4. The third kappa shape index (κ3) is 2.58. The summed E-state index contributed by atoms with van der Waals surface area (Å²) in [5.41, 5.74) is 0.174. The summed E-state index contributed by atoms with van der Waals surface area (Å²) in [4.78, 5) is 15.4. The molecule has 0 unspecified atom stereocenters. The van der Waals surface area contributed by atoms with Crippen molar-refractivity contribution in [3.63, 3.8) is 0 Å². The molecular weight excluding hydrogens is 269 g/mol. The Labute approximate surface area is 125 Å². The van der Waals surface area contributed by atoms with Gasteiger partial charge in [-0.1, -0.05) is 0 Å². The van der Waals surface area contributed by atoms with Crippen LogP contribution in [-0.2, 0) is 9.31 Å². The fourth-order valence-corrected chi connectivity index (χ4v) is 2.23. The minimum atomic E-state index is -0.619. The van der Waals surface area contributed by atoms with E-state index in [2.05, 4.69) is 4.98 Å². The van der Waals surface area contributed by atoms with E-state index in [9.17, 15) is 4.79 Å². The van der Waals surface area contributed by atoms with Gasteiger partial charge in [0.1, 0.15) is 5.75 Å². The Morgan fingerprint density at radius 3 is 2.38 bits per heavy atom. The predicted octanol–water partition coefficient (Wildman–Crippen LogP) is 1.73. The Kier molecular flexibility index (Phi) is 3.33. The maximum Gasteiger partial charge on any atom is 0.499 e. The third-order valence-electron chi connectivity index (χ3n) is 4.42. The summed E-state index contributed by atoms with van der Waals surface area (Å²) in [7, 11) is -0.619. The Bertz CT molecular complexity index is 553. The lowest BCUT2D eigenvalue weighted by Crippen LogP contribution is -2.41. The van der Waals surface area contributed by atoms with Crippen molar-refractivity contribution < 1.29 is 18.8 Å². The molecule has 1 saturated carbocycles. The van der Waals surface area contributed by atoms with Crippen LogP contribution < -0.4 is 10.2 Å². The summed E-state index contributed by atoms with van der Waals surface area (Å²) in [6, 6.07) is 0. The van der Waals surface area contributed by atoms with Gasteiger partial charge >= 0.3 is 7.12 Å². The number of hydrogen-bond acceptors (Lipinski definition) is 5. The molecule has 0 spiro atoms. The first-order valence-electron chi connectivity index (χ1n) is 7.29. The second-order valence-corrected chi connectivity index (χ2v) is 6.66. The predicted molar refractivity (Wildman–Crippen MR) is 79.0 cm³/mol. The topological polar surface area (TPSA) is 57.7 Å². The highest BCUT2D eigenvalue weighted by Crippen LogP contribution is 2.37. The van der Waals surface area contributed by atoms with Gasteiger partial charge in [0.05, 0.1) is 23.5 Å². The lowest BCUT2D eigenvalue weighted by atomic mass is 9.76. The molecule has 0 aromatic carbocycles. The molecule has 2 aliphatic rings. The molecule has 2 heterocycles. The van der Waals surface area contributed by atoms with Gasteiger partial charge in [-0.15, -0.1) is 0 Å². The number of rotatable bonds is 4. The van der Waals surface area contributed by atoms with Crippen molar-refractivity contribution in [1.29, 1.82) is 0 Å². The molecule has 1 aliphatic carbocycles. The molecule has 3 rings (SSSR count). The van der Waals surface area contributed by atoms with Crippen LogP contribution in [0.4, 0.5) is 0 Å². The molecule has 0 radical (unpaired) electrons. The first-order chi connectivity index (χ1) is 9.84. The maximum absolute atomic E-state index is 11.4. The second-order valence-electron chi connectivity index (χ2n) is 6.66. The van der Waals surface area contributed by atoms with E-state index in [0.717, 1.165) is 19.1 Å². The number of ether oxygens (including phenoxy) is 1. The number of hydrogen-bond donors (Lipinski definition) is 0. The molecule has 1 aromatic heterocycles. The standard InChI is InChI=1S/C15H20BNO4/c1-14(2)15(3,4)21-16(20-14)13-10(9-18)7-17-8-12(13)19-11-5-6-11/h7-9,11H,5-6H2,1-4H3. The molecule has 6 heteroatoms. The van der Waals surface area contributed by atoms with E-state index in [1.165, 1.54) is 6.20 Å². The molecule has 5 nitrogen and oxygen atoms in total. The monoisotopic (exact) mass is 289 g/mol. The van der Waals surface area contributed by atoms with Crippen LogP contribution in [0.2, 0.25) is 0 Å². The van der Waals surface area contributed by atoms with Gasteiger partial charge < -0.3 is 14.0 Å². The summed E-state index contributed by atoms with van der Waals surface area (Å²) in [5, 5.41) is 0. The maximum atomic E-state index is 11.4. The quantitative estimate of drug-likeness (QED) is 0.624. The molecule has 1 aliphatic heterocycles. The number of carbonyl (C=O) groups is 1. The van der Waals surface area contributed by atoms with E-state index in [0.29, 0.717) is 16.8 Å². The van der Waals surface area contributed by atoms with Gasteiger partial charge in [-0.05, 0) is 40.5 Å². The van der Waals surface area contributed by atoms with Crippen LogP contribution in [0, 0.1) is 0 Å². The van der Waals surface area contributed by atoms with Crippen molar-refractivity contribution in [2.45, 2.75) is 57.8 Å². The first kappa shape index (κ1) is 14.5. The highest BCUT2D eigenvalue weighted by Gasteiger charge is 2.53. The van der Waals surface area contributed by atoms with Gasteiger partial charge in [0.2, 0.25) is 0 Å². The van der Waals surface area contributed by atoms with Crippen LogP contribution in [0.15, 0.2) is 12.4 Å². The van der Waals surface area contributed by atoms with Gasteiger partial charge in [-0.3, -0.25) is 9.78 Å². The lowest BCUT2D eigenvalue weighted by Gasteiger charge is -2.32. The van der Waals surface area contributed by atoms with Crippen molar-refractivity contribution >= 4 is 18.9 Å². The molecule has 112 valence electrons. The van der Waals surface area contributed by atoms with E-state index in [-0.39, 0.29) is 6.10 Å². The van der Waals surface area contributed by atoms with Gasteiger partial charge in [0, 0.05) is 17.2 Å². The molecule has 21 heavy (non-hydrogen) atoms. The minimum Gasteiger partial charge on any atom is -0.489 e. The molecule has 0 amide bonds. The van der Waals surface area contributed by atoms with Gasteiger partial charge in [0.25, 0.3) is 0 Å². The molecule has 1 aromatic rings. The van der Waals surface area contributed by atoms with E-state index in [1.54, 1.807) is 6.20 Å². The summed E-state index contributed by atoms with van der Waals surface area (Å²) in [5.74, 6) is 0.584. The van der Waals surface area contributed by atoms with Gasteiger partial charge in [-0.2, -0.15) is 0 Å². The molecule has 0 bridgehead atoms. The largest absolute Gasteiger partial charge is 0.499 e. The zero-order chi connectivity index (χ0) is 15.3. The van der Waals surface area contributed by atoms with Crippen LogP contribution in [0.25, 0.3) is 0 Å². The summed E-state index contributed by atoms with van der Waals surface area (Å²) in [6.45, 7) is 7.93. The molecule has 0 N–H and O–H groups in total. The van der Waals surface area contributed by atoms with Crippen LogP contribution >= 0.6 is 0 Å². The van der Waals surface area contributed by atoms with Crippen LogP contribution in [0.3, 0.4) is 0 Å². The number of aromatic nitrogens is 1. The Morgan fingerprint density at radius 1 is 1.24 bits per heavy atom. The highest BCUT2D eigenvalue weighted by atomic mass is 16.7. The second kappa shape index (κ2) is 4.82. The number of nitrogens with zero attached hydrogens (tertiary/aromatic N) is 1. The number of aldehydes is 1. The summed E-state index contributed by atoms with van der Waals surface area (Å²) >= 11 is 0. The number of pyridine rings is 1. The van der Waals surface area contributed by atoms with E-state index in [4.69, 9.17) is 14.0 Å². The third-order valence-corrected chi connectivity index (χ3v) is 4.42. The van der Waals surface area contributed by atoms with Crippen LogP contribution in [-0.4, -0.2) is 35.7 Å². The normalized spacial score (nSPS) is 23.1. The van der Waals surface area contributed by atoms with Crippen molar-refractivity contribution in [2.24, 2.45) is 0 Å². The van der Waals surface area contributed by atoms with E-state index < -0.39 is 18.3 Å². The van der Waals surface area contributed by atoms with Crippen molar-refractivity contribution in [3.8, 4) is 5.75 Å². The smallest absolute Gasteiger partial charge is 0.489 e. The van der Waals surface area contributed by atoms with Crippen molar-refractivity contribution in [3.05, 3.63) is 18.0 Å². The average molecular weight is 289 g/mol. The Morgan fingerprint density at radius 2 is 1.86 bits per heavy atom.